The summed E-state index contributed by atoms with van der Waals surface area (Å²) in [5.41, 5.74) is 1.20. The lowest BCUT2D eigenvalue weighted by molar-refractivity contribution is 0.0604. The first kappa shape index (κ1) is 16.0. The van der Waals surface area contributed by atoms with Gasteiger partial charge < -0.3 is 15.7 Å². The van der Waals surface area contributed by atoms with Crippen LogP contribution in [-0.2, 0) is 12.0 Å². The standard InChI is InChI=1S/C16H17N3O2S/c1-16(21,13-7-9-22-10-13)11-18-15(20)19-14-4-2-12(3-5-14)6-8-17/h2-5,7,9-10,21H,6,11H2,1H3,(H2,18,19,20). The summed E-state index contributed by atoms with van der Waals surface area (Å²) in [6, 6.07) is 10.6. The number of rotatable bonds is 5. The van der Waals surface area contributed by atoms with Crippen LogP contribution in [0.1, 0.15) is 18.1 Å². The summed E-state index contributed by atoms with van der Waals surface area (Å²) >= 11 is 1.50. The third-order valence-corrected chi connectivity index (χ3v) is 3.91. The minimum Gasteiger partial charge on any atom is -0.384 e. The third-order valence-electron chi connectivity index (χ3n) is 3.23. The van der Waals surface area contributed by atoms with Crippen molar-refractivity contribution in [2.75, 3.05) is 11.9 Å². The maximum Gasteiger partial charge on any atom is 0.319 e. The maximum absolute atomic E-state index is 11.9. The maximum atomic E-state index is 11.9. The van der Waals surface area contributed by atoms with Gasteiger partial charge in [-0.05, 0) is 47.0 Å². The smallest absolute Gasteiger partial charge is 0.319 e. The lowest BCUT2D eigenvalue weighted by Gasteiger charge is -2.22. The summed E-state index contributed by atoms with van der Waals surface area (Å²) in [6.45, 7) is 1.77. The van der Waals surface area contributed by atoms with Crippen LogP contribution in [0.5, 0.6) is 0 Å². The molecule has 6 heteroatoms. The van der Waals surface area contributed by atoms with Crippen molar-refractivity contribution in [3.63, 3.8) is 0 Å². The van der Waals surface area contributed by atoms with Crippen LogP contribution in [0, 0.1) is 11.3 Å². The number of carbonyl (C=O) groups excluding carboxylic acids is 1. The molecule has 0 saturated carbocycles. The Hall–Kier alpha value is -2.36. The molecule has 1 atom stereocenters. The van der Waals surface area contributed by atoms with Crippen molar-refractivity contribution in [3.05, 3.63) is 52.2 Å². The minimum atomic E-state index is -1.10. The number of urea groups is 1. The molecule has 1 heterocycles. The molecule has 0 fully saturated rings. The minimum absolute atomic E-state index is 0.113. The Morgan fingerprint density at radius 3 is 2.68 bits per heavy atom. The molecule has 114 valence electrons. The molecule has 0 bridgehead atoms. The van der Waals surface area contributed by atoms with E-state index in [1.54, 1.807) is 31.2 Å². The van der Waals surface area contributed by atoms with E-state index in [-0.39, 0.29) is 12.6 Å². The van der Waals surface area contributed by atoms with Gasteiger partial charge in [-0.1, -0.05) is 12.1 Å². The molecule has 2 aromatic rings. The van der Waals surface area contributed by atoms with Gasteiger partial charge >= 0.3 is 6.03 Å². The molecular formula is C16H17N3O2S. The number of anilines is 1. The van der Waals surface area contributed by atoms with E-state index < -0.39 is 5.60 Å². The molecule has 0 radical (unpaired) electrons. The zero-order valence-electron chi connectivity index (χ0n) is 12.2. The molecule has 22 heavy (non-hydrogen) atoms. The Bertz CT molecular complexity index is 658. The van der Waals surface area contributed by atoms with Gasteiger partial charge in [-0.2, -0.15) is 16.6 Å². The molecule has 1 aromatic carbocycles. The molecule has 1 aromatic heterocycles. The van der Waals surface area contributed by atoms with Crippen molar-refractivity contribution in [2.45, 2.75) is 18.9 Å². The predicted octanol–water partition coefficient (Wildman–Crippen LogP) is 2.84. The molecular weight excluding hydrogens is 298 g/mol. The van der Waals surface area contributed by atoms with Gasteiger partial charge in [0.05, 0.1) is 19.0 Å². The van der Waals surface area contributed by atoms with Crippen LogP contribution in [0.2, 0.25) is 0 Å². The first-order valence-electron chi connectivity index (χ1n) is 6.77. The second-order valence-electron chi connectivity index (χ2n) is 5.13. The number of benzene rings is 1. The number of nitriles is 1. The number of carbonyl (C=O) groups is 1. The van der Waals surface area contributed by atoms with E-state index >= 15 is 0 Å². The fourth-order valence-corrected chi connectivity index (χ4v) is 2.68. The molecule has 2 amide bonds. The highest BCUT2D eigenvalue weighted by Crippen LogP contribution is 2.22. The van der Waals surface area contributed by atoms with E-state index in [4.69, 9.17) is 5.26 Å². The largest absolute Gasteiger partial charge is 0.384 e. The van der Waals surface area contributed by atoms with Crippen LogP contribution in [-0.4, -0.2) is 17.7 Å². The topological polar surface area (TPSA) is 85.2 Å². The van der Waals surface area contributed by atoms with Crippen molar-refractivity contribution >= 4 is 23.1 Å². The molecule has 0 spiro atoms. The monoisotopic (exact) mass is 315 g/mol. The van der Waals surface area contributed by atoms with Crippen molar-refractivity contribution < 1.29 is 9.90 Å². The highest BCUT2D eigenvalue weighted by molar-refractivity contribution is 7.08. The van der Waals surface area contributed by atoms with E-state index in [1.807, 2.05) is 16.8 Å². The van der Waals surface area contributed by atoms with E-state index in [2.05, 4.69) is 16.7 Å². The summed E-state index contributed by atoms with van der Waals surface area (Å²) in [5, 5.41) is 28.0. The fraction of sp³-hybridized carbons (Fsp3) is 0.250. The van der Waals surface area contributed by atoms with Gasteiger partial charge in [-0.15, -0.1) is 0 Å². The van der Waals surface area contributed by atoms with Gasteiger partial charge in [0, 0.05) is 5.69 Å². The molecule has 5 nitrogen and oxygen atoms in total. The zero-order valence-corrected chi connectivity index (χ0v) is 13.0. The number of nitrogens with zero attached hydrogens (tertiary/aromatic N) is 1. The normalized spacial score (nSPS) is 13.0. The Balaban J connectivity index is 1.86. The first-order valence-corrected chi connectivity index (χ1v) is 7.71. The quantitative estimate of drug-likeness (QED) is 0.793. The summed E-state index contributed by atoms with van der Waals surface area (Å²) in [4.78, 5) is 11.9. The molecule has 1 unspecified atom stereocenters. The van der Waals surface area contributed by atoms with E-state index in [1.165, 1.54) is 11.3 Å². The van der Waals surface area contributed by atoms with Gasteiger partial charge in [-0.25, -0.2) is 4.79 Å². The first-order chi connectivity index (χ1) is 10.5. The zero-order chi connectivity index (χ0) is 16.0. The number of amides is 2. The number of hydrogen-bond donors (Lipinski definition) is 3. The molecule has 0 aliphatic carbocycles. The van der Waals surface area contributed by atoms with Crippen LogP contribution in [0.3, 0.4) is 0 Å². The van der Waals surface area contributed by atoms with Gasteiger partial charge in [0.25, 0.3) is 0 Å². The lowest BCUT2D eigenvalue weighted by atomic mass is 9.99. The van der Waals surface area contributed by atoms with Crippen LogP contribution < -0.4 is 10.6 Å². The molecule has 2 rings (SSSR count). The Morgan fingerprint density at radius 2 is 2.09 bits per heavy atom. The number of hydrogen-bond acceptors (Lipinski definition) is 4. The van der Waals surface area contributed by atoms with Crippen LogP contribution in [0.4, 0.5) is 10.5 Å². The number of thiophene rings is 1. The van der Waals surface area contributed by atoms with Crippen molar-refractivity contribution in [3.8, 4) is 6.07 Å². The van der Waals surface area contributed by atoms with Crippen molar-refractivity contribution in [2.24, 2.45) is 0 Å². The van der Waals surface area contributed by atoms with E-state index in [0.717, 1.165) is 11.1 Å². The van der Waals surface area contributed by atoms with Crippen LogP contribution >= 0.6 is 11.3 Å². The second kappa shape index (κ2) is 7.07. The van der Waals surface area contributed by atoms with Gasteiger partial charge in [0.2, 0.25) is 0 Å². The summed E-state index contributed by atoms with van der Waals surface area (Å²) in [6.07, 6.45) is 0.343. The molecule has 0 saturated heterocycles. The molecule has 0 aliphatic heterocycles. The number of nitrogens with one attached hydrogen (secondary N) is 2. The Morgan fingerprint density at radius 1 is 1.36 bits per heavy atom. The number of aliphatic hydroxyl groups is 1. The van der Waals surface area contributed by atoms with Crippen molar-refractivity contribution in [1.82, 2.24) is 5.32 Å². The SMILES string of the molecule is CC(O)(CNC(=O)Nc1ccc(CC#N)cc1)c1ccsc1. The highest BCUT2D eigenvalue weighted by atomic mass is 32.1. The van der Waals surface area contributed by atoms with Gasteiger partial charge in [0.1, 0.15) is 5.60 Å². The average molecular weight is 315 g/mol. The van der Waals surface area contributed by atoms with Gasteiger partial charge in [0.15, 0.2) is 0 Å². The summed E-state index contributed by atoms with van der Waals surface area (Å²) in [5.74, 6) is 0. The lowest BCUT2D eigenvalue weighted by Crippen LogP contribution is -2.40. The van der Waals surface area contributed by atoms with E-state index in [9.17, 15) is 9.90 Å². The highest BCUT2D eigenvalue weighted by Gasteiger charge is 2.24. The Kier molecular flexibility index (Phi) is 5.15. The van der Waals surface area contributed by atoms with Gasteiger partial charge in [-0.3, -0.25) is 0 Å². The summed E-state index contributed by atoms with van der Waals surface area (Å²) < 4.78 is 0. The van der Waals surface area contributed by atoms with E-state index in [0.29, 0.717) is 12.1 Å². The summed E-state index contributed by atoms with van der Waals surface area (Å²) in [7, 11) is 0. The average Bonchev–Trinajstić information content (AvgIpc) is 3.03. The fourth-order valence-electron chi connectivity index (χ4n) is 1.90. The molecule has 3 N–H and O–H groups in total. The van der Waals surface area contributed by atoms with Crippen molar-refractivity contribution in [1.29, 1.82) is 5.26 Å². The third kappa shape index (κ3) is 4.32. The molecule has 0 aliphatic rings. The second-order valence-corrected chi connectivity index (χ2v) is 5.91. The predicted molar refractivity (Wildman–Crippen MR) is 86.7 cm³/mol. The van der Waals surface area contributed by atoms with Crippen LogP contribution in [0.25, 0.3) is 0 Å². The van der Waals surface area contributed by atoms with Crippen LogP contribution in [0.15, 0.2) is 41.1 Å². The Labute approximate surface area is 133 Å².